The number of piperidine rings is 1. The molecule has 0 unspecified atom stereocenters. The number of carbonyl (C=O) groups excluding carboxylic acids is 1. The normalized spacial score (nSPS) is 19.1. The van der Waals surface area contributed by atoms with Gasteiger partial charge in [0.1, 0.15) is 0 Å². The zero-order valence-corrected chi connectivity index (χ0v) is 15.3. The standard InChI is InChI=1S/C16H21N3O3S2/c1-12-5-6-13(24(21,22)19-8-3-2-4-9-19)11-14(12)15(20)18-16-17-7-10-23-16/h5-6,11H,2-4,7-10H2,1H3,(H,17,18,20). The molecule has 0 saturated carbocycles. The van der Waals surface area contributed by atoms with Gasteiger partial charge in [0, 0.05) is 24.4 Å². The number of benzene rings is 1. The molecule has 1 aromatic carbocycles. The van der Waals surface area contributed by atoms with Gasteiger partial charge in [-0.25, -0.2) is 8.42 Å². The number of amidine groups is 1. The van der Waals surface area contributed by atoms with Gasteiger partial charge in [-0.1, -0.05) is 24.2 Å². The van der Waals surface area contributed by atoms with Crippen molar-refractivity contribution in [1.29, 1.82) is 0 Å². The molecule has 0 aliphatic carbocycles. The summed E-state index contributed by atoms with van der Waals surface area (Å²) in [5.41, 5.74) is 1.12. The minimum absolute atomic E-state index is 0.182. The van der Waals surface area contributed by atoms with Crippen LogP contribution in [-0.4, -0.2) is 49.2 Å². The summed E-state index contributed by atoms with van der Waals surface area (Å²) in [6, 6.07) is 4.75. The third kappa shape index (κ3) is 3.65. The van der Waals surface area contributed by atoms with Gasteiger partial charge in [0.15, 0.2) is 5.17 Å². The van der Waals surface area contributed by atoms with Gasteiger partial charge < -0.3 is 5.32 Å². The summed E-state index contributed by atoms with van der Waals surface area (Å²) in [5.74, 6) is 0.550. The van der Waals surface area contributed by atoms with E-state index < -0.39 is 10.0 Å². The molecule has 1 amide bonds. The van der Waals surface area contributed by atoms with Crippen molar-refractivity contribution >= 4 is 32.9 Å². The van der Waals surface area contributed by atoms with Crippen LogP contribution < -0.4 is 5.32 Å². The maximum Gasteiger partial charge on any atom is 0.257 e. The first-order chi connectivity index (χ1) is 11.5. The topological polar surface area (TPSA) is 78.8 Å². The van der Waals surface area contributed by atoms with E-state index in [2.05, 4.69) is 10.3 Å². The highest BCUT2D eigenvalue weighted by Crippen LogP contribution is 2.23. The second-order valence-electron chi connectivity index (χ2n) is 5.93. The van der Waals surface area contributed by atoms with Gasteiger partial charge in [-0.15, -0.1) is 0 Å². The van der Waals surface area contributed by atoms with Crippen molar-refractivity contribution in [2.45, 2.75) is 31.1 Å². The third-order valence-electron chi connectivity index (χ3n) is 4.21. The van der Waals surface area contributed by atoms with Gasteiger partial charge in [-0.05, 0) is 37.5 Å². The van der Waals surface area contributed by atoms with Crippen LogP contribution >= 0.6 is 11.8 Å². The molecule has 0 atom stereocenters. The lowest BCUT2D eigenvalue weighted by Gasteiger charge is -2.26. The van der Waals surface area contributed by atoms with E-state index in [0.717, 1.165) is 30.6 Å². The van der Waals surface area contributed by atoms with Crippen molar-refractivity contribution in [3.63, 3.8) is 0 Å². The number of nitrogens with zero attached hydrogens (tertiary/aromatic N) is 2. The average Bonchev–Trinajstić information content (AvgIpc) is 3.08. The number of rotatable bonds is 3. The smallest absolute Gasteiger partial charge is 0.257 e. The van der Waals surface area contributed by atoms with Gasteiger partial charge in [0.2, 0.25) is 10.0 Å². The Kier molecular flexibility index (Phi) is 5.27. The minimum atomic E-state index is -3.54. The van der Waals surface area contributed by atoms with Gasteiger partial charge >= 0.3 is 0 Å². The molecule has 0 bridgehead atoms. The Hall–Kier alpha value is -1.38. The maximum atomic E-state index is 12.8. The van der Waals surface area contributed by atoms with Crippen LogP contribution in [0.2, 0.25) is 0 Å². The Morgan fingerprint density at radius 2 is 2.00 bits per heavy atom. The molecule has 1 fully saturated rings. The molecule has 2 aliphatic heterocycles. The zero-order valence-electron chi connectivity index (χ0n) is 13.6. The van der Waals surface area contributed by atoms with E-state index in [1.54, 1.807) is 19.1 Å². The van der Waals surface area contributed by atoms with E-state index in [1.165, 1.54) is 22.1 Å². The van der Waals surface area contributed by atoms with Crippen LogP contribution in [0.1, 0.15) is 35.2 Å². The van der Waals surface area contributed by atoms with Crippen molar-refractivity contribution in [3.8, 4) is 0 Å². The van der Waals surface area contributed by atoms with Crippen LogP contribution in [0, 0.1) is 6.92 Å². The number of thioether (sulfide) groups is 1. The Morgan fingerprint density at radius 3 is 2.67 bits per heavy atom. The first kappa shape index (κ1) is 17.4. The number of aryl methyl sites for hydroxylation is 1. The summed E-state index contributed by atoms with van der Waals surface area (Å²) < 4.78 is 27.1. The van der Waals surface area contributed by atoms with Crippen LogP contribution in [0.15, 0.2) is 28.1 Å². The summed E-state index contributed by atoms with van der Waals surface area (Å²) >= 11 is 1.50. The molecule has 0 spiro atoms. The fourth-order valence-electron chi connectivity index (χ4n) is 2.84. The number of hydrogen-bond donors (Lipinski definition) is 1. The molecule has 0 aromatic heterocycles. The highest BCUT2D eigenvalue weighted by atomic mass is 32.2. The van der Waals surface area contributed by atoms with Gasteiger partial charge in [-0.2, -0.15) is 4.31 Å². The van der Waals surface area contributed by atoms with Gasteiger partial charge in [-0.3, -0.25) is 9.79 Å². The highest BCUT2D eigenvalue weighted by Gasteiger charge is 2.27. The molecule has 8 heteroatoms. The van der Waals surface area contributed by atoms with Gasteiger partial charge in [0.25, 0.3) is 5.91 Å². The summed E-state index contributed by atoms with van der Waals surface area (Å²) in [4.78, 5) is 16.8. The molecule has 1 N–H and O–H groups in total. The first-order valence-electron chi connectivity index (χ1n) is 8.08. The zero-order chi connectivity index (χ0) is 17.2. The van der Waals surface area contributed by atoms with Crippen LogP contribution in [0.5, 0.6) is 0 Å². The lowest BCUT2D eigenvalue weighted by atomic mass is 10.1. The van der Waals surface area contributed by atoms with Crippen molar-refractivity contribution in [2.24, 2.45) is 4.99 Å². The Balaban J connectivity index is 1.86. The fourth-order valence-corrected chi connectivity index (χ4v) is 5.10. The number of nitrogens with one attached hydrogen (secondary N) is 1. The summed E-state index contributed by atoms with van der Waals surface area (Å²) in [6.07, 6.45) is 2.83. The molecule has 2 aliphatic rings. The molecule has 1 saturated heterocycles. The predicted molar refractivity (Wildman–Crippen MR) is 96.0 cm³/mol. The van der Waals surface area contributed by atoms with E-state index in [9.17, 15) is 13.2 Å². The van der Waals surface area contributed by atoms with Crippen molar-refractivity contribution < 1.29 is 13.2 Å². The van der Waals surface area contributed by atoms with Crippen molar-refractivity contribution in [1.82, 2.24) is 9.62 Å². The molecule has 0 radical (unpaired) electrons. The average molecular weight is 367 g/mol. The number of aliphatic imine (C=N–C) groups is 1. The van der Waals surface area contributed by atoms with E-state index >= 15 is 0 Å². The number of carbonyl (C=O) groups is 1. The molecule has 2 heterocycles. The van der Waals surface area contributed by atoms with Crippen LogP contribution in [0.25, 0.3) is 0 Å². The Bertz CT molecular complexity index is 769. The first-order valence-corrected chi connectivity index (χ1v) is 10.5. The molecule has 3 rings (SSSR count). The monoisotopic (exact) mass is 367 g/mol. The number of sulfonamides is 1. The lowest BCUT2D eigenvalue weighted by molar-refractivity contribution is 0.0977. The Labute approximate surface area is 146 Å². The second-order valence-corrected chi connectivity index (χ2v) is 8.95. The second kappa shape index (κ2) is 7.25. The SMILES string of the molecule is Cc1ccc(S(=O)(=O)N2CCCCC2)cc1C(=O)NC1=NCCS1. The maximum absolute atomic E-state index is 12.8. The largest absolute Gasteiger partial charge is 0.301 e. The molecular weight excluding hydrogens is 346 g/mol. The van der Waals surface area contributed by atoms with E-state index in [4.69, 9.17) is 0 Å². The fraction of sp³-hybridized carbons (Fsp3) is 0.500. The predicted octanol–water partition coefficient (Wildman–Crippen LogP) is 2.00. The highest BCUT2D eigenvalue weighted by molar-refractivity contribution is 8.14. The van der Waals surface area contributed by atoms with Gasteiger partial charge in [0.05, 0.1) is 11.4 Å². The summed E-state index contributed by atoms with van der Waals surface area (Å²) in [6.45, 7) is 3.59. The lowest BCUT2D eigenvalue weighted by Crippen LogP contribution is -2.36. The quantitative estimate of drug-likeness (QED) is 0.886. The van der Waals surface area contributed by atoms with Crippen LogP contribution in [-0.2, 0) is 10.0 Å². The van der Waals surface area contributed by atoms with Crippen LogP contribution in [0.4, 0.5) is 0 Å². The minimum Gasteiger partial charge on any atom is -0.301 e. The van der Waals surface area contributed by atoms with Crippen molar-refractivity contribution in [3.05, 3.63) is 29.3 Å². The third-order valence-corrected chi connectivity index (χ3v) is 7.00. The van der Waals surface area contributed by atoms with E-state index in [0.29, 0.717) is 30.4 Å². The van der Waals surface area contributed by atoms with E-state index in [-0.39, 0.29) is 10.8 Å². The number of hydrogen-bond acceptors (Lipinski definition) is 5. The summed E-state index contributed by atoms with van der Waals surface area (Å²) in [5, 5.41) is 3.36. The molecule has 130 valence electrons. The molecule has 6 nitrogen and oxygen atoms in total. The van der Waals surface area contributed by atoms with E-state index in [1.807, 2.05) is 0 Å². The van der Waals surface area contributed by atoms with Crippen LogP contribution in [0.3, 0.4) is 0 Å². The molecule has 1 aromatic rings. The molecular formula is C16H21N3O3S2. The summed E-state index contributed by atoms with van der Waals surface area (Å²) in [7, 11) is -3.54. The van der Waals surface area contributed by atoms with Crippen molar-refractivity contribution in [2.75, 3.05) is 25.4 Å². The number of amides is 1. The molecule has 24 heavy (non-hydrogen) atoms. The Morgan fingerprint density at radius 1 is 1.25 bits per heavy atom.